The molecule has 1 aliphatic heterocycles. The van der Waals surface area contributed by atoms with Crippen LogP contribution in [0.15, 0.2) is 42.5 Å². The Labute approximate surface area is 159 Å². The van der Waals surface area contributed by atoms with E-state index < -0.39 is 23.2 Å². The van der Waals surface area contributed by atoms with Gasteiger partial charge in [0.2, 0.25) is 5.91 Å². The number of piperazine rings is 1. The lowest BCUT2D eigenvalue weighted by molar-refractivity contribution is -0.117. The molecule has 0 unspecified atom stereocenters. The normalized spacial score (nSPS) is 15.3. The molecule has 140 valence electrons. The number of anilines is 2. The van der Waals surface area contributed by atoms with Crippen LogP contribution >= 0.6 is 11.3 Å². The summed E-state index contributed by atoms with van der Waals surface area (Å²) >= 11 is 1.66. The summed E-state index contributed by atoms with van der Waals surface area (Å²) in [4.78, 5) is 21.0. The average Bonchev–Trinajstić information content (AvgIpc) is 3.10. The second-order valence-electron chi connectivity index (χ2n) is 6.37. The van der Waals surface area contributed by atoms with Gasteiger partial charge in [-0.15, -0.1) is 0 Å². The number of carbonyl (C=O) groups is 1. The number of amides is 1. The van der Waals surface area contributed by atoms with Crippen molar-refractivity contribution in [3.63, 3.8) is 0 Å². The van der Waals surface area contributed by atoms with E-state index in [1.165, 1.54) is 6.07 Å². The van der Waals surface area contributed by atoms with Gasteiger partial charge >= 0.3 is 0 Å². The van der Waals surface area contributed by atoms with E-state index in [1.54, 1.807) is 11.3 Å². The summed E-state index contributed by atoms with van der Waals surface area (Å²) in [5, 5.41) is 3.31. The van der Waals surface area contributed by atoms with Gasteiger partial charge < -0.3 is 10.2 Å². The van der Waals surface area contributed by atoms with Crippen LogP contribution in [0.4, 0.5) is 19.6 Å². The first kappa shape index (κ1) is 17.8. The number of thiazole rings is 1. The van der Waals surface area contributed by atoms with Crippen molar-refractivity contribution in [2.24, 2.45) is 0 Å². The Morgan fingerprint density at radius 2 is 1.74 bits per heavy atom. The lowest BCUT2D eigenvalue weighted by Gasteiger charge is -2.34. The Hall–Kier alpha value is -2.58. The number of halogens is 2. The molecule has 1 N–H and O–H groups in total. The lowest BCUT2D eigenvalue weighted by atomic mass is 10.2. The Morgan fingerprint density at radius 3 is 2.44 bits per heavy atom. The number of benzene rings is 2. The third-order valence-electron chi connectivity index (χ3n) is 4.52. The molecule has 1 fully saturated rings. The summed E-state index contributed by atoms with van der Waals surface area (Å²) in [5.74, 6) is -1.97. The molecule has 4 rings (SSSR count). The van der Waals surface area contributed by atoms with Crippen molar-refractivity contribution >= 4 is 38.3 Å². The van der Waals surface area contributed by atoms with E-state index in [0.717, 1.165) is 40.6 Å². The van der Waals surface area contributed by atoms with E-state index in [1.807, 2.05) is 23.1 Å². The van der Waals surface area contributed by atoms with Crippen molar-refractivity contribution < 1.29 is 13.6 Å². The minimum Gasteiger partial charge on any atom is -0.345 e. The highest BCUT2D eigenvalue weighted by Gasteiger charge is 2.22. The summed E-state index contributed by atoms with van der Waals surface area (Å²) in [5.41, 5.74) is 0.599. The molecule has 5 nitrogen and oxygen atoms in total. The molecule has 1 amide bonds. The van der Waals surface area contributed by atoms with Crippen LogP contribution in [0.25, 0.3) is 10.2 Å². The summed E-state index contributed by atoms with van der Waals surface area (Å²) in [6, 6.07) is 11.5. The molecule has 3 aromatic rings. The first-order valence-corrected chi connectivity index (χ1v) is 9.48. The number of hydrogen-bond acceptors (Lipinski definition) is 5. The highest BCUT2D eigenvalue weighted by atomic mass is 32.1. The number of para-hydroxylation sites is 2. The highest BCUT2D eigenvalue weighted by Crippen LogP contribution is 2.29. The molecular formula is C19H18F2N4OS. The van der Waals surface area contributed by atoms with Gasteiger partial charge in [0, 0.05) is 26.2 Å². The molecule has 0 aliphatic carbocycles. The van der Waals surface area contributed by atoms with Crippen molar-refractivity contribution in [3.8, 4) is 0 Å². The lowest BCUT2D eigenvalue weighted by Crippen LogP contribution is -2.48. The molecule has 27 heavy (non-hydrogen) atoms. The molecule has 0 saturated carbocycles. The molecule has 1 saturated heterocycles. The quantitative estimate of drug-likeness (QED) is 0.745. The number of nitrogens with zero attached hydrogens (tertiary/aromatic N) is 3. The fourth-order valence-electron chi connectivity index (χ4n) is 3.09. The average molecular weight is 388 g/mol. The Bertz CT molecular complexity index is 916. The van der Waals surface area contributed by atoms with Crippen molar-refractivity contribution in [2.75, 3.05) is 42.9 Å². The second kappa shape index (κ2) is 7.58. The maximum absolute atomic E-state index is 13.6. The van der Waals surface area contributed by atoms with Gasteiger partial charge in [-0.05, 0) is 24.3 Å². The van der Waals surface area contributed by atoms with Crippen molar-refractivity contribution in [3.05, 3.63) is 54.1 Å². The molecule has 0 spiro atoms. The number of nitrogens with one attached hydrogen (secondary N) is 1. The predicted octanol–water partition coefficient (Wildman–Crippen LogP) is 3.34. The van der Waals surface area contributed by atoms with Gasteiger partial charge in [-0.2, -0.15) is 0 Å². The fourth-order valence-corrected chi connectivity index (χ4v) is 4.11. The molecule has 1 aliphatic rings. The van der Waals surface area contributed by atoms with Gasteiger partial charge in [0.1, 0.15) is 17.3 Å². The topological polar surface area (TPSA) is 48.5 Å². The SMILES string of the molecule is O=C(CN1CCN(c2nc3ccccc3s2)CC1)Nc1c(F)cccc1F. The van der Waals surface area contributed by atoms with Crippen LogP contribution in [-0.4, -0.2) is 48.5 Å². The largest absolute Gasteiger partial charge is 0.345 e. The third kappa shape index (κ3) is 3.91. The number of hydrogen-bond donors (Lipinski definition) is 1. The summed E-state index contributed by atoms with van der Waals surface area (Å²) in [6.45, 7) is 2.97. The molecular weight excluding hydrogens is 370 g/mol. The zero-order valence-electron chi connectivity index (χ0n) is 14.5. The van der Waals surface area contributed by atoms with Gasteiger partial charge in [0.05, 0.1) is 16.8 Å². The maximum atomic E-state index is 13.6. The van der Waals surface area contributed by atoms with Crippen LogP contribution in [-0.2, 0) is 4.79 Å². The Kier molecular flexibility index (Phi) is 5.00. The molecule has 0 bridgehead atoms. The zero-order chi connectivity index (χ0) is 18.8. The number of aromatic nitrogens is 1. The number of fused-ring (bicyclic) bond motifs is 1. The van der Waals surface area contributed by atoms with Crippen LogP contribution in [0, 0.1) is 11.6 Å². The third-order valence-corrected chi connectivity index (χ3v) is 5.62. The van der Waals surface area contributed by atoms with Gasteiger partial charge in [-0.3, -0.25) is 9.69 Å². The molecule has 2 heterocycles. The molecule has 8 heteroatoms. The molecule has 1 aromatic heterocycles. The Morgan fingerprint density at radius 1 is 1.04 bits per heavy atom. The fraction of sp³-hybridized carbons (Fsp3) is 0.263. The molecule has 0 atom stereocenters. The van der Waals surface area contributed by atoms with Gasteiger partial charge in [-0.25, -0.2) is 13.8 Å². The summed E-state index contributed by atoms with van der Waals surface area (Å²) in [6.07, 6.45) is 0. The second-order valence-corrected chi connectivity index (χ2v) is 7.38. The predicted molar refractivity (Wildman–Crippen MR) is 103 cm³/mol. The minimum atomic E-state index is -0.774. The van der Waals surface area contributed by atoms with Crippen LogP contribution in [0.5, 0.6) is 0 Å². The first-order chi connectivity index (χ1) is 13.1. The smallest absolute Gasteiger partial charge is 0.238 e. The molecule has 2 aromatic carbocycles. The van der Waals surface area contributed by atoms with Crippen molar-refractivity contribution in [1.82, 2.24) is 9.88 Å². The standard InChI is InChI=1S/C19H18F2N4OS/c20-13-4-3-5-14(21)18(13)23-17(26)12-24-8-10-25(11-9-24)19-22-15-6-1-2-7-16(15)27-19/h1-7H,8-12H2,(H,23,26). The van der Waals surface area contributed by atoms with E-state index in [-0.39, 0.29) is 6.54 Å². The van der Waals surface area contributed by atoms with E-state index in [0.29, 0.717) is 13.1 Å². The highest BCUT2D eigenvalue weighted by molar-refractivity contribution is 7.22. The molecule has 0 radical (unpaired) electrons. The monoisotopic (exact) mass is 388 g/mol. The zero-order valence-corrected chi connectivity index (χ0v) is 15.3. The van der Waals surface area contributed by atoms with Crippen LogP contribution in [0.2, 0.25) is 0 Å². The summed E-state index contributed by atoms with van der Waals surface area (Å²) < 4.78 is 28.4. The van der Waals surface area contributed by atoms with Crippen LogP contribution in [0.1, 0.15) is 0 Å². The summed E-state index contributed by atoms with van der Waals surface area (Å²) in [7, 11) is 0. The van der Waals surface area contributed by atoms with Gasteiger partial charge in [-0.1, -0.05) is 29.5 Å². The minimum absolute atomic E-state index is 0.0987. The van der Waals surface area contributed by atoms with Crippen molar-refractivity contribution in [1.29, 1.82) is 0 Å². The first-order valence-electron chi connectivity index (χ1n) is 8.67. The van der Waals surface area contributed by atoms with E-state index in [2.05, 4.69) is 21.3 Å². The van der Waals surface area contributed by atoms with E-state index in [4.69, 9.17) is 0 Å². The Balaban J connectivity index is 1.33. The number of rotatable bonds is 4. The number of carbonyl (C=O) groups excluding carboxylic acids is 1. The van der Waals surface area contributed by atoms with Crippen LogP contribution < -0.4 is 10.2 Å². The van der Waals surface area contributed by atoms with Gasteiger partial charge in [0.15, 0.2) is 5.13 Å². The van der Waals surface area contributed by atoms with E-state index >= 15 is 0 Å². The van der Waals surface area contributed by atoms with E-state index in [9.17, 15) is 13.6 Å². The van der Waals surface area contributed by atoms with Crippen LogP contribution in [0.3, 0.4) is 0 Å². The van der Waals surface area contributed by atoms with Gasteiger partial charge in [0.25, 0.3) is 0 Å². The maximum Gasteiger partial charge on any atom is 0.238 e. The van der Waals surface area contributed by atoms with Crippen molar-refractivity contribution in [2.45, 2.75) is 0 Å².